The van der Waals surface area contributed by atoms with Crippen molar-refractivity contribution in [2.24, 2.45) is 0 Å². The van der Waals surface area contributed by atoms with Gasteiger partial charge in [-0.3, -0.25) is 4.79 Å². The van der Waals surface area contributed by atoms with Crippen LogP contribution in [-0.4, -0.2) is 55.8 Å². The Bertz CT molecular complexity index is 506. The Kier molecular flexibility index (Phi) is 5.10. The van der Waals surface area contributed by atoms with Gasteiger partial charge in [-0.05, 0) is 19.1 Å². The molecule has 6 heteroatoms. The molecular formula is C14H21N2O4+. The highest BCUT2D eigenvalue weighted by molar-refractivity contribution is 5.95. The van der Waals surface area contributed by atoms with Gasteiger partial charge in [0.05, 0.1) is 27.7 Å². The van der Waals surface area contributed by atoms with E-state index in [0.717, 1.165) is 0 Å². The Morgan fingerprint density at radius 1 is 1.30 bits per heavy atom. The second-order valence-electron chi connectivity index (χ2n) is 5.45. The number of aromatic hydroxyl groups is 1. The summed E-state index contributed by atoms with van der Waals surface area (Å²) in [6, 6.07) is 4.31. The first-order valence-corrected chi connectivity index (χ1v) is 6.33. The molecular weight excluding hydrogens is 260 g/mol. The number of hydrogen-bond acceptors (Lipinski definition) is 4. The zero-order valence-electron chi connectivity index (χ0n) is 12.3. The van der Waals surface area contributed by atoms with Gasteiger partial charge < -0.3 is 19.6 Å². The van der Waals surface area contributed by atoms with E-state index in [1.807, 2.05) is 21.1 Å². The standard InChI is InChI=1S/C14H20N2O4/c1-5-20-14(19)11-7-6-10(8-12(11)17)15-13(18)9-16(2,3)4/h6-8H,5,9H2,1-4H3,(H-,15,17,18,19)/p+1. The van der Waals surface area contributed by atoms with Crippen LogP contribution in [0.2, 0.25) is 0 Å². The van der Waals surface area contributed by atoms with Gasteiger partial charge >= 0.3 is 5.97 Å². The van der Waals surface area contributed by atoms with Crippen molar-refractivity contribution in [3.05, 3.63) is 23.8 Å². The van der Waals surface area contributed by atoms with Gasteiger partial charge in [0.2, 0.25) is 0 Å². The Balaban J connectivity index is 2.78. The minimum Gasteiger partial charge on any atom is -0.507 e. The molecule has 0 heterocycles. The smallest absolute Gasteiger partial charge is 0.341 e. The molecule has 20 heavy (non-hydrogen) atoms. The summed E-state index contributed by atoms with van der Waals surface area (Å²) in [4.78, 5) is 23.3. The van der Waals surface area contributed by atoms with Gasteiger partial charge in [0.1, 0.15) is 11.3 Å². The second-order valence-corrected chi connectivity index (χ2v) is 5.45. The number of ether oxygens (including phenoxy) is 1. The Morgan fingerprint density at radius 2 is 1.95 bits per heavy atom. The fraction of sp³-hybridized carbons (Fsp3) is 0.429. The van der Waals surface area contributed by atoms with Gasteiger partial charge in [-0.25, -0.2) is 4.79 Å². The molecule has 0 spiro atoms. The minimum absolute atomic E-state index is 0.0800. The molecule has 0 aromatic heterocycles. The molecule has 0 bridgehead atoms. The monoisotopic (exact) mass is 281 g/mol. The molecule has 1 aromatic rings. The fourth-order valence-corrected chi connectivity index (χ4v) is 1.62. The van der Waals surface area contributed by atoms with E-state index in [0.29, 0.717) is 16.7 Å². The van der Waals surface area contributed by atoms with Crippen LogP contribution in [0.5, 0.6) is 5.75 Å². The number of quaternary nitrogens is 1. The van der Waals surface area contributed by atoms with E-state index in [1.165, 1.54) is 12.1 Å². The maximum absolute atomic E-state index is 11.8. The number of likely N-dealkylation sites (N-methyl/N-ethyl adjacent to an activating group) is 1. The number of phenolic OH excluding ortho intramolecular Hbond substituents is 1. The molecule has 2 N–H and O–H groups in total. The number of anilines is 1. The van der Waals surface area contributed by atoms with E-state index in [2.05, 4.69) is 5.32 Å². The highest BCUT2D eigenvalue weighted by Gasteiger charge is 2.16. The molecule has 0 saturated heterocycles. The Morgan fingerprint density at radius 3 is 2.45 bits per heavy atom. The average molecular weight is 281 g/mol. The van der Waals surface area contributed by atoms with Crippen molar-refractivity contribution in [2.45, 2.75) is 6.92 Å². The molecule has 1 rings (SSSR count). The molecule has 1 aromatic carbocycles. The zero-order chi connectivity index (χ0) is 15.3. The third-order valence-corrected chi connectivity index (χ3v) is 2.39. The number of nitrogens with one attached hydrogen (secondary N) is 1. The van der Waals surface area contributed by atoms with Gasteiger partial charge in [0.25, 0.3) is 5.91 Å². The molecule has 1 amide bonds. The first kappa shape index (κ1) is 16.0. The van der Waals surface area contributed by atoms with Crippen molar-refractivity contribution >= 4 is 17.6 Å². The van der Waals surface area contributed by atoms with Gasteiger partial charge in [-0.2, -0.15) is 0 Å². The average Bonchev–Trinajstić information content (AvgIpc) is 2.26. The summed E-state index contributed by atoms with van der Waals surface area (Å²) in [6.07, 6.45) is 0. The number of benzene rings is 1. The number of carbonyl (C=O) groups is 2. The van der Waals surface area contributed by atoms with Gasteiger partial charge in [-0.1, -0.05) is 0 Å². The number of carbonyl (C=O) groups excluding carboxylic acids is 2. The lowest BCUT2D eigenvalue weighted by Crippen LogP contribution is -2.41. The molecule has 6 nitrogen and oxygen atoms in total. The summed E-state index contributed by atoms with van der Waals surface area (Å²) >= 11 is 0. The number of hydrogen-bond donors (Lipinski definition) is 2. The lowest BCUT2D eigenvalue weighted by atomic mass is 10.2. The van der Waals surface area contributed by atoms with Crippen molar-refractivity contribution in [2.75, 3.05) is 39.6 Å². The largest absolute Gasteiger partial charge is 0.507 e. The summed E-state index contributed by atoms with van der Waals surface area (Å²) in [6.45, 7) is 2.23. The van der Waals surface area contributed by atoms with E-state index in [4.69, 9.17) is 4.74 Å². The van der Waals surface area contributed by atoms with Crippen LogP contribution in [-0.2, 0) is 9.53 Å². The third kappa shape index (κ3) is 4.89. The van der Waals surface area contributed by atoms with E-state index < -0.39 is 5.97 Å². The predicted octanol–water partition coefficient (Wildman–Crippen LogP) is 1.21. The highest BCUT2D eigenvalue weighted by Crippen LogP contribution is 2.22. The van der Waals surface area contributed by atoms with E-state index in [1.54, 1.807) is 13.0 Å². The summed E-state index contributed by atoms with van der Waals surface area (Å²) in [5.74, 6) is -0.971. The van der Waals surface area contributed by atoms with Crippen molar-refractivity contribution in [1.29, 1.82) is 0 Å². The Labute approximate surface area is 118 Å². The van der Waals surface area contributed by atoms with Crippen molar-refractivity contribution in [3.8, 4) is 5.75 Å². The normalized spacial score (nSPS) is 11.0. The molecule has 0 fully saturated rings. The molecule has 0 aliphatic rings. The van der Waals surface area contributed by atoms with Gasteiger partial charge in [-0.15, -0.1) is 0 Å². The molecule has 0 aliphatic heterocycles. The van der Waals surface area contributed by atoms with E-state index in [-0.39, 0.29) is 23.8 Å². The van der Waals surface area contributed by atoms with Crippen LogP contribution in [0.25, 0.3) is 0 Å². The number of rotatable bonds is 5. The summed E-state index contributed by atoms with van der Waals surface area (Å²) < 4.78 is 5.31. The quantitative estimate of drug-likeness (QED) is 0.628. The van der Waals surface area contributed by atoms with Crippen molar-refractivity contribution in [1.82, 2.24) is 0 Å². The first-order chi connectivity index (χ1) is 9.23. The maximum atomic E-state index is 11.8. The number of nitrogens with zero attached hydrogens (tertiary/aromatic N) is 1. The van der Waals surface area contributed by atoms with Gasteiger partial charge in [0, 0.05) is 11.8 Å². The molecule has 110 valence electrons. The summed E-state index contributed by atoms with van der Waals surface area (Å²) in [5, 5.41) is 12.4. The second kappa shape index (κ2) is 6.38. The number of esters is 1. The first-order valence-electron chi connectivity index (χ1n) is 6.33. The molecule has 0 atom stereocenters. The van der Waals surface area contributed by atoms with Crippen LogP contribution >= 0.6 is 0 Å². The topological polar surface area (TPSA) is 75.6 Å². The van der Waals surface area contributed by atoms with Crippen LogP contribution in [0.15, 0.2) is 18.2 Å². The molecule has 0 radical (unpaired) electrons. The van der Waals surface area contributed by atoms with Crippen LogP contribution in [0.3, 0.4) is 0 Å². The van der Waals surface area contributed by atoms with Crippen LogP contribution in [0.1, 0.15) is 17.3 Å². The predicted molar refractivity (Wildman–Crippen MR) is 75.6 cm³/mol. The molecule has 0 unspecified atom stereocenters. The number of phenols is 1. The number of amides is 1. The maximum Gasteiger partial charge on any atom is 0.341 e. The minimum atomic E-state index is -0.589. The summed E-state index contributed by atoms with van der Waals surface area (Å²) in [7, 11) is 5.71. The highest BCUT2D eigenvalue weighted by atomic mass is 16.5. The fourth-order valence-electron chi connectivity index (χ4n) is 1.62. The van der Waals surface area contributed by atoms with Crippen LogP contribution < -0.4 is 5.32 Å². The van der Waals surface area contributed by atoms with Crippen molar-refractivity contribution in [3.63, 3.8) is 0 Å². The SMILES string of the molecule is CCOC(=O)c1ccc(NC(=O)C[N+](C)(C)C)cc1O. The van der Waals surface area contributed by atoms with Crippen molar-refractivity contribution < 1.29 is 23.9 Å². The summed E-state index contributed by atoms with van der Waals surface area (Å²) in [5.41, 5.74) is 0.519. The van der Waals surface area contributed by atoms with Gasteiger partial charge in [0.15, 0.2) is 6.54 Å². The zero-order valence-corrected chi connectivity index (χ0v) is 12.3. The third-order valence-electron chi connectivity index (χ3n) is 2.39. The van der Waals surface area contributed by atoms with E-state index >= 15 is 0 Å². The van der Waals surface area contributed by atoms with E-state index in [9.17, 15) is 14.7 Å². The van der Waals surface area contributed by atoms with Crippen LogP contribution in [0.4, 0.5) is 5.69 Å². The Hall–Kier alpha value is -2.08. The van der Waals surface area contributed by atoms with Crippen LogP contribution in [0, 0.1) is 0 Å². The molecule has 0 aliphatic carbocycles. The lowest BCUT2D eigenvalue weighted by Gasteiger charge is -2.22. The molecule has 0 saturated carbocycles. The lowest BCUT2D eigenvalue weighted by molar-refractivity contribution is -0.861.